The molecule has 2 aliphatic rings. The SMILES string of the molecule is CCCCC[C@H]1CC[C@H](C2CCC(c3ccc(Oc4cccc(N)c4)cc3)(c3ccc(Oc4cccc(N)c4)cc3)CC2)CC1. The minimum atomic E-state index is -0.0285. The third-order valence-corrected chi connectivity index (χ3v) is 10.7. The monoisotopic (exact) mass is 602 g/mol. The van der Waals surface area contributed by atoms with Crippen LogP contribution in [0.5, 0.6) is 23.0 Å². The molecule has 4 nitrogen and oxygen atoms in total. The summed E-state index contributed by atoms with van der Waals surface area (Å²) < 4.78 is 12.3. The van der Waals surface area contributed by atoms with E-state index in [0.29, 0.717) is 11.4 Å². The molecular weight excluding hydrogens is 552 g/mol. The number of ether oxygens (including phenoxy) is 2. The van der Waals surface area contributed by atoms with Gasteiger partial charge in [0.15, 0.2) is 0 Å². The van der Waals surface area contributed by atoms with E-state index in [0.717, 1.165) is 40.8 Å². The Hall–Kier alpha value is -3.92. The third kappa shape index (κ3) is 7.66. The summed E-state index contributed by atoms with van der Waals surface area (Å²) in [6, 6.07) is 32.8. The fraction of sp³-hybridized carbons (Fsp3) is 0.415. The van der Waals surface area contributed by atoms with Crippen LogP contribution in [0.4, 0.5) is 11.4 Å². The van der Waals surface area contributed by atoms with Gasteiger partial charge in [0.1, 0.15) is 23.0 Å². The molecule has 0 radical (unpaired) electrons. The Morgan fingerprint density at radius 3 is 1.53 bits per heavy atom. The van der Waals surface area contributed by atoms with Gasteiger partial charge in [-0.1, -0.05) is 81.8 Å². The van der Waals surface area contributed by atoms with Crippen LogP contribution in [0.3, 0.4) is 0 Å². The zero-order chi connectivity index (χ0) is 31.1. The third-order valence-electron chi connectivity index (χ3n) is 10.7. The molecule has 2 aliphatic carbocycles. The molecule has 2 saturated carbocycles. The lowest BCUT2D eigenvalue weighted by Gasteiger charge is -2.44. The number of nitrogen functional groups attached to an aromatic ring is 2. The van der Waals surface area contributed by atoms with Crippen LogP contribution >= 0.6 is 0 Å². The predicted octanol–water partition coefficient (Wildman–Crippen LogP) is 11.3. The van der Waals surface area contributed by atoms with E-state index in [2.05, 4.69) is 55.5 Å². The second kappa shape index (κ2) is 14.5. The topological polar surface area (TPSA) is 70.5 Å². The van der Waals surface area contributed by atoms with Crippen LogP contribution in [-0.2, 0) is 5.41 Å². The number of hydrogen-bond acceptors (Lipinski definition) is 4. The zero-order valence-corrected chi connectivity index (χ0v) is 26.9. The van der Waals surface area contributed by atoms with Crippen molar-refractivity contribution in [3.05, 3.63) is 108 Å². The van der Waals surface area contributed by atoms with Gasteiger partial charge in [0, 0.05) is 28.9 Å². The quantitative estimate of drug-likeness (QED) is 0.132. The molecule has 4 aromatic carbocycles. The molecule has 0 saturated heterocycles. The van der Waals surface area contributed by atoms with Crippen LogP contribution in [0.15, 0.2) is 97.1 Å². The molecule has 4 aromatic rings. The van der Waals surface area contributed by atoms with Gasteiger partial charge in [-0.2, -0.15) is 0 Å². The van der Waals surface area contributed by atoms with Crippen LogP contribution in [-0.4, -0.2) is 0 Å². The molecule has 4 N–H and O–H groups in total. The summed E-state index contributed by atoms with van der Waals surface area (Å²) in [5.74, 6) is 5.88. The zero-order valence-electron chi connectivity index (χ0n) is 26.9. The molecule has 236 valence electrons. The highest BCUT2D eigenvalue weighted by Gasteiger charge is 2.41. The first-order valence-corrected chi connectivity index (χ1v) is 17.3. The van der Waals surface area contributed by atoms with Gasteiger partial charge < -0.3 is 20.9 Å². The van der Waals surface area contributed by atoms with Crippen LogP contribution in [0, 0.1) is 17.8 Å². The number of unbranched alkanes of at least 4 members (excludes halogenated alkanes) is 2. The van der Waals surface area contributed by atoms with Crippen molar-refractivity contribution in [2.75, 3.05) is 11.5 Å². The van der Waals surface area contributed by atoms with E-state index in [1.807, 2.05) is 48.5 Å². The predicted molar refractivity (Wildman–Crippen MR) is 187 cm³/mol. The lowest BCUT2D eigenvalue weighted by atomic mass is 9.60. The summed E-state index contributed by atoms with van der Waals surface area (Å²) in [5.41, 5.74) is 16.1. The minimum Gasteiger partial charge on any atom is -0.457 e. The molecule has 45 heavy (non-hydrogen) atoms. The van der Waals surface area contributed by atoms with Crippen molar-refractivity contribution in [3.63, 3.8) is 0 Å². The molecule has 0 aliphatic heterocycles. The van der Waals surface area contributed by atoms with Crippen molar-refractivity contribution in [2.45, 2.75) is 89.4 Å². The maximum absolute atomic E-state index is 6.15. The standard InChI is InChI=1S/C41H50N2O2/c1-2-3-4-7-30-12-14-31(15-13-30)32-24-26-41(27-25-32,33-16-20-37(21-17-33)44-39-10-5-8-35(42)28-39)34-18-22-38(23-19-34)45-40-11-6-9-36(43)29-40/h5-6,8-11,16-23,28-32H,2-4,7,12-15,24-27,42-43H2,1H3/t30-,31-. The number of hydrogen-bond donors (Lipinski definition) is 2. The van der Waals surface area contributed by atoms with Crippen LogP contribution in [0.2, 0.25) is 0 Å². The van der Waals surface area contributed by atoms with Gasteiger partial charge in [0.2, 0.25) is 0 Å². The van der Waals surface area contributed by atoms with Gasteiger partial charge in [0.25, 0.3) is 0 Å². The molecule has 0 heterocycles. The summed E-state index contributed by atoms with van der Waals surface area (Å²) >= 11 is 0. The van der Waals surface area contributed by atoms with Gasteiger partial charge in [-0.05, 0) is 116 Å². The Kier molecular flexibility index (Phi) is 9.98. The molecule has 0 atom stereocenters. The highest BCUT2D eigenvalue weighted by Crippen LogP contribution is 2.51. The van der Waals surface area contributed by atoms with Gasteiger partial charge >= 0.3 is 0 Å². The fourth-order valence-electron chi connectivity index (χ4n) is 8.09. The van der Waals surface area contributed by atoms with Crippen LogP contribution in [0.25, 0.3) is 0 Å². The van der Waals surface area contributed by atoms with Crippen LogP contribution in [0.1, 0.15) is 95.1 Å². The highest BCUT2D eigenvalue weighted by atomic mass is 16.5. The molecule has 4 heteroatoms. The number of rotatable bonds is 11. The van der Waals surface area contributed by atoms with E-state index in [1.54, 1.807) is 0 Å². The van der Waals surface area contributed by atoms with Gasteiger partial charge in [-0.3, -0.25) is 0 Å². The average Bonchev–Trinajstić information content (AvgIpc) is 3.06. The maximum Gasteiger partial charge on any atom is 0.129 e. The summed E-state index contributed by atoms with van der Waals surface area (Å²) in [6.45, 7) is 2.31. The number of nitrogens with two attached hydrogens (primary N) is 2. The van der Waals surface area contributed by atoms with E-state index in [-0.39, 0.29) is 5.41 Å². The molecule has 6 rings (SSSR count). The Morgan fingerprint density at radius 1 is 0.578 bits per heavy atom. The van der Waals surface area contributed by atoms with Crippen LogP contribution < -0.4 is 20.9 Å². The van der Waals surface area contributed by atoms with Crippen molar-refractivity contribution >= 4 is 11.4 Å². The summed E-state index contributed by atoms with van der Waals surface area (Å²) in [4.78, 5) is 0. The van der Waals surface area contributed by atoms with Crippen molar-refractivity contribution in [1.82, 2.24) is 0 Å². The largest absolute Gasteiger partial charge is 0.457 e. The van der Waals surface area contributed by atoms with E-state index < -0.39 is 0 Å². The molecule has 0 spiro atoms. The van der Waals surface area contributed by atoms with Crippen molar-refractivity contribution < 1.29 is 9.47 Å². The molecule has 2 fully saturated rings. The second-order valence-corrected chi connectivity index (χ2v) is 13.6. The van der Waals surface area contributed by atoms with Crippen molar-refractivity contribution in [2.24, 2.45) is 17.8 Å². The van der Waals surface area contributed by atoms with E-state index in [4.69, 9.17) is 20.9 Å². The Morgan fingerprint density at radius 2 is 1.07 bits per heavy atom. The molecule has 0 aromatic heterocycles. The number of anilines is 2. The first kappa shape index (κ1) is 31.1. The first-order chi connectivity index (χ1) is 22.0. The van der Waals surface area contributed by atoms with E-state index in [9.17, 15) is 0 Å². The van der Waals surface area contributed by atoms with Gasteiger partial charge in [-0.25, -0.2) is 0 Å². The van der Waals surface area contributed by atoms with Crippen molar-refractivity contribution in [3.8, 4) is 23.0 Å². The van der Waals surface area contributed by atoms with Gasteiger partial charge in [-0.15, -0.1) is 0 Å². The lowest BCUT2D eigenvalue weighted by Crippen LogP contribution is -2.35. The Bertz CT molecular complexity index is 1400. The van der Waals surface area contributed by atoms with E-state index >= 15 is 0 Å². The summed E-state index contributed by atoms with van der Waals surface area (Å²) in [7, 11) is 0. The summed E-state index contributed by atoms with van der Waals surface area (Å²) in [5, 5.41) is 0. The average molecular weight is 603 g/mol. The molecule has 0 bridgehead atoms. The Balaban J connectivity index is 1.19. The fourth-order valence-corrected chi connectivity index (χ4v) is 8.09. The number of benzene rings is 4. The van der Waals surface area contributed by atoms with Gasteiger partial charge in [0.05, 0.1) is 0 Å². The minimum absolute atomic E-state index is 0.0285. The smallest absolute Gasteiger partial charge is 0.129 e. The highest BCUT2D eigenvalue weighted by molar-refractivity contribution is 5.48. The van der Waals surface area contributed by atoms with Crippen molar-refractivity contribution in [1.29, 1.82) is 0 Å². The second-order valence-electron chi connectivity index (χ2n) is 13.6. The Labute approximate surface area is 270 Å². The maximum atomic E-state index is 6.15. The molecule has 0 unspecified atom stereocenters. The summed E-state index contributed by atoms with van der Waals surface area (Å²) in [6.07, 6.45) is 16.2. The first-order valence-electron chi connectivity index (χ1n) is 17.3. The molecule has 0 amide bonds. The van der Waals surface area contributed by atoms with E-state index in [1.165, 1.54) is 88.2 Å². The molecular formula is C41H50N2O2. The normalized spacial score (nSPS) is 20.0. The lowest BCUT2D eigenvalue weighted by molar-refractivity contribution is 0.140.